The van der Waals surface area contributed by atoms with Crippen LogP contribution in [0.25, 0.3) is 16.0 Å². The van der Waals surface area contributed by atoms with Gasteiger partial charge in [-0.3, -0.25) is 4.79 Å². The van der Waals surface area contributed by atoms with E-state index in [9.17, 15) is 9.18 Å². The summed E-state index contributed by atoms with van der Waals surface area (Å²) in [6.07, 6.45) is 0. The van der Waals surface area contributed by atoms with Crippen molar-refractivity contribution in [2.75, 3.05) is 18.5 Å². The molecular weight excluding hydrogens is 401 g/mol. The summed E-state index contributed by atoms with van der Waals surface area (Å²) < 4.78 is 15.9. The van der Waals surface area contributed by atoms with Gasteiger partial charge in [0, 0.05) is 7.05 Å². The number of rotatable bonds is 6. The number of aryl methyl sites for hydroxylation is 1. The molecule has 0 saturated heterocycles. The number of carbonyl (C=O) groups excluding carboxylic acids is 1. The normalized spacial score (nSPS) is 12.1. The fourth-order valence-corrected chi connectivity index (χ4v) is 4.19. The molecule has 1 amide bonds. The van der Waals surface area contributed by atoms with Gasteiger partial charge in [-0.2, -0.15) is 10.1 Å². The maximum absolute atomic E-state index is 13.1. The molecule has 30 heavy (non-hydrogen) atoms. The maximum Gasteiger partial charge on any atom is 0.240 e. The largest absolute Gasteiger partial charge is 0.348 e. The van der Waals surface area contributed by atoms with Crippen LogP contribution in [0.1, 0.15) is 24.2 Å². The first-order valence-corrected chi connectivity index (χ1v) is 10.4. The number of aromatic nitrogens is 3. The monoisotopic (exact) mass is 423 g/mol. The molecule has 0 bridgehead atoms. The zero-order valence-corrected chi connectivity index (χ0v) is 17.8. The number of carbonyl (C=O) groups is 1. The van der Waals surface area contributed by atoms with Crippen LogP contribution >= 0.6 is 11.3 Å². The Labute approximate surface area is 178 Å². The lowest BCUT2D eigenvalue weighted by molar-refractivity contribution is -0.120. The molecule has 1 unspecified atom stereocenters. The van der Waals surface area contributed by atoms with Gasteiger partial charge in [0.15, 0.2) is 10.8 Å². The molecule has 8 heteroatoms. The molecule has 0 aliphatic carbocycles. The quantitative estimate of drug-likeness (QED) is 0.504. The zero-order chi connectivity index (χ0) is 21.3. The Hall–Kier alpha value is -3.26. The second-order valence-corrected chi connectivity index (χ2v) is 8.16. The van der Waals surface area contributed by atoms with Gasteiger partial charge in [0.2, 0.25) is 5.91 Å². The van der Waals surface area contributed by atoms with E-state index in [0.29, 0.717) is 0 Å². The van der Waals surface area contributed by atoms with Gasteiger partial charge in [0.1, 0.15) is 5.82 Å². The van der Waals surface area contributed by atoms with E-state index in [4.69, 9.17) is 4.98 Å². The Morgan fingerprint density at radius 3 is 2.60 bits per heavy atom. The lowest BCUT2D eigenvalue weighted by Gasteiger charge is -2.18. The van der Waals surface area contributed by atoms with Gasteiger partial charge >= 0.3 is 0 Å². The van der Waals surface area contributed by atoms with E-state index in [-0.39, 0.29) is 24.3 Å². The van der Waals surface area contributed by atoms with Crippen molar-refractivity contribution >= 4 is 32.7 Å². The first-order chi connectivity index (χ1) is 14.4. The van der Waals surface area contributed by atoms with E-state index >= 15 is 0 Å². The Morgan fingerprint density at radius 1 is 1.20 bits per heavy atom. The molecule has 154 valence electrons. The third kappa shape index (κ3) is 4.04. The second-order valence-electron chi connectivity index (χ2n) is 7.18. The van der Waals surface area contributed by atoms with Gasteiger partial charge in [-0.25, -0.2) is 9.07 Å². The van der Waals surface area contributed by atoms with Crippen molar-refractivity contribution in [3.8, 4) is 5.69 Å². The molecule has 0 radical (unpaired) electrons. The molecule has 1 N–H and O–H groups in total. The highest BCUT2D eigenvalue weighted by Gasteiger charge is 2.19. The van der Waals surface area contributed by atoms with Crippen molar-refractivity contribution in [1.29, 1.82) is 0 Å². The summed E-state index contributed by atoms with van der Waals surface area (Å²) in [5.74, 6) is -0.424. The van der Waals surface area contributed by atoms with Crippen LogP contribution in [0, 0.1) is 12.7 Å². The number of hydrogen-bond donors (Lipinski definition) is 1. The predicted molar refractivity (Wildman–Crippen MR) is 118 cm³/mol. The molecule has 0 saturated carbocycles. The summed E-state index contributed by atoms with van der Waals surface area (Å²) in [7, 11) is 1.84. The highest BCUT2D eigenvalue weighted by atomic mass is 32.1. The van der Waals surface area contributed by atoms with Gasteiger partial charge in [-0.05, 0) is 43.7 Å². The van der Waals surface area contributed by atoms with E-state index in [0.717, 1.165) is 32.4 Å². The Balaban J connectivity index is 1.48. The van der Waals surface area contributed by atoms with Gasteiger partial charge in [0.05, 0.1) is 28.7 Å². The minimum atomic E-state index is -0.294. The third-order valence-electron chi connectivity index (χ3n) is 4.83. The molecule has 0 fully saturated rings. The number of nitrogens with one attached hydrogen (secondary N) is 1. The Bertz CT molecular complexity index is 1170. The first kappa shape index (κ1) is 20.0. The van der Waals surface area contributed by atoms with Crippen LogP contribution in [0.3, 0.4) is 0 Å². The Morgan fingerprint density at radius 2 is 1.90 bits per heavy atom. The summed E-state index contributed by atoms with van der Waals surface area (Å²) >= 11 is 1.52. The molecule has 4 aromatic rings. The highest BCUT2D eigenvalue weighted by Crippen LogP contribution is 2.31. The van der Waals surface area contributed by atoms with Crippen molar-refractivity contribution < 1.29 is 9.18 Å². The molecule has 2 heterocycles. The molecule has 6 nitrogen and oxygen atoms in total. The number of amides is 1. The first-order valence-electron chi connectivity index (χ1n) is 9.60. The van der Waals surface area contributed by atoms with E-state index in [2.05, 4.69) is 10.4 Å². The topological polar surface area (TPSA) is 63.1 Å². The van der Waals surface area contributed by atoms with Crippen LogP contribution in [0.5, 0.6) is 0 Å². The van der Waals surface area contributed by atoms with Crippen LogP contribution in [-0.2, 0) is 4.79 Å². The number of likely N-dealkylation sites (N-methyl/N-ethyl adjacent to an activating group) is 1. The van der Waals surface area contributed by atoms with Gasteiger partial charge in [-0.1, -0.05) is 41.7 Å². The summed E-state index contributed by atoms with van der Waals surface area (Å²) in [6, 6.07) is 15.8. The van der Waals surface area contributed by atoms with Gasteiger partial charge in [0.25, 0.3) is 0 Å². The summed E-state index contributed by atoms with van der Waals surface area (Å²) in [4.78, 5) is 19.1. The van der Waals surface area contributed by atoms with Gasteiger partial charge in [-0.15, -0.1) is 0 Å². The van der Waals surface area contributed by atoms with E-state index in [1.807, 2.05) is 60.8 Å². The molecule has 4 rings (SSSR count). The summed E-state index contributed by atoms with van der Waals surface area (Å²) in [5.41, 5.74) is 3.48. The lowest BCUT2D eigenvalue weighted by Crippen LogP contribution is -2.36. The number of fused-ring (bicyclic) bond motifs is 1. The van der Waals surface area contributed by atoms with Crippen LogP contribution in [-0.4, -0.2) is 34.3 Å². The summed E-state index contributed by atoms with van der Waals surface area (Å²) in [5, 5.41) is 8.30. The van der Waals surface area contributed by atoms with Crippen molar-refractivity contribution in [2.24, 2.45) is 0 Å². The van der Waals surface area contributed by atoms with Gasteiger partial charge < -0.3 is 10.2 Å². The number of anilines is 1. The average molecular weight is 424 g/mol. The molecule has 0 spiro atoms. The third-order valence-corrected chi connectivity index (χ3v) is 6.10. The standard InChI is InChI=1S/C22H22FN5OS/c1-14(16-9-11-17(23)12-10-16)24-19(29)13-27(3)22-25-21-20(30-22)15(2)26-28(21)18-7-5-4-6-8-18/h4-12,14H,13H2,1-3H3,(H,24,29). The van der Waals surface area contributed by atoms with Crippen LogP contribution in [0.2, 0.25) is 0 Å². The molecular formula is C22H22FN5OS. The maximum atomic E-state index is 13.1. The zero-order valence-electron chi connectivity index (χ0n) is 17.0. The lowest BCUT2D eigenvalue weighted by atomic mass is 10.1. The molecule has 2 aromatic carbocycles. The highest BCUT2D eigenvalue weighted by molar-refractivity contribution is 7.22. The number of nitrogens with zero attached hydrogens (tertiary/aromatic N) is 4. The Kier molecular flexibility index (Phi) is 5.50. The number of halogens is 1. The molecule has 1 atom stereocenters. The average Bonchev–Trinajstić information content (AvgIpc) is 3.30. The smallest absolute Gasteiger partial charge is 0.240 e. The minimum Gasteiger partial charge on any atom is -0.348 e. The number of para-hydroxylation sites is 1. The summed E-state index contributed by atoms with van der Waals surface area (Å²) in [6.45, 7) is 4.00. The molecule has 0 aliphatic rings. The fraction of sp³-hybridized carbons (Fsp3) is 0.227. The van der Waals surface area contributed by atoms with Crippen molar-refractivity contribution in [2.45, 2.75) is 19.9 Å². The second kappa shape index (κ2) is 8.23. The molecule has 2 aromatic heterocycles. The minimum absolute atomic E-state index is 0.130. The van der Waals surface area contributed by atoms with E-state index in [1.165, 1.54) is 23.5 Å². The van der Waals surface area contributed by atoms with Crippen molar-refractivity contribution in [1.82, 2.24) is 20.1 Å². The number of hydrogen-bond acceptors (Lipinski definition) is 5. The van der Waals surface area contributed by atoms with E-state index < -0.39 is 0 Å². The van der Waals surface area contributed by atoms with Crippen molar-refractivity contribution in [3.05, 3.63) is 71.7 Å². The molecule has 0 aliphatic heterocycles. The van der Waals surface area contributed by atoms with Crippen LogP contribution in [0.4, 0.5) is 9.52 Å². The van der Waals surface area contributed by atoms with Crippen LogP contribution in [0.15, 0.2) is 54.6 Å². The SMILES string of the molecule is Cc1nn(-c2ccccc2)c2nc(N(C)CC(=O)NC(C)c3ccc(F)cc3)sc12. The van der Waals surface area contributed by atoms with Crippen molar-refractivity contribution in [3.63, 3.8) is 0 Å². The fourth-order valence-electron chi connectivity index (χ4n) is 3.24. The van der Waals surface area contributed by atoms with E-state index in [1.54, 1.807) is 12.1 Å². The number of thiazole rings is 1. The number of benzene rings is 2. The predicted octanol–water partition coefficient (Wildman–Crippen LogP) is 4.24. The van der Waals surface area contributed by atoms with Crippen LogP contribution < -0.4 is 10.2 Å².